The molecule has 0 aromatic carbocycles. The number of aryl methyl sites for hydroxylation is 1. The number of rotatable bonds is 5. The smallest absolute Gasteiger partial charge is 0.259 e. The maximum Gasteiger partial charge on any atom is 0.259 e. The number of aromatic nitrogens is 1. The molecule has 0 N–H and O–H groups in total. The van der Waals surface area contributed by atoms with Crippen molar-refractivity contribution in [3.63, 3.8) is 0 Å². The minimum Gasteiger partial charge on any atom is -0.360 e. The Morgan fingerprint density at radius 1 is 1.28 bits per heavy atom. The minimum atomic E-state index is -0.0276. The van der Waals surface area contributed by atoms with E-state index in [2.05, 4.69) is 19.0 Å². The van der Waals surface area contributed by atoms with Gasteiger partial charge in [0.05, 0.1) is 5.69 Å². The number of carbonyl (C=O) groups is 2. The molecule has 1 aromatic rings. The van der Waals surface area contributed by atoms with Crippen molar-refractivity contribution < 1.29 is 14.1 Å². The SMILES string of the molecule is Cc1noc(CC2CC(=O)CC(C)(C)C2)c1C(=O)N(C(C)C)C(C)C. The second kappa shape index (κ2) is 7.30. The summed E-state index contributed by atoms with van der Waals surface area (Å²) in [5, 5.41) is 4.05. The molecule has 1 atom stereocenters. The van der Waals surface area contributed by atoms with Crippen LogP contribution in [0.2, 0.25) is 0 Å². The Morgan fingerprint density at radius 3 is 2.40 bits per heavy atom. The summed E-state index contributed by atoms with van der Waals surface area (Å²) >= 11 is 0. The van der Waals surface area contributed by atoms with E-state index < -0.39 is 0 Å². The zero-order chi connectivity index (χ0) is 18.9. The zero-order valence-electron chi connectivity index (χ0n) is 16.7. The summed E-state index contributed by atoms with van der Waals surface area (Å²) in [5.41, 5.74) is 1.23. The molecule has 1 saturated carbocycles. The van der Waals surface area contributed by atoms with E-state index in [-0.39, 0.29) is 29.3 Å². The van der Waals surface area contributed by atoms with Crippen molar-refractivity contribution in [1.29, 1.82) is 0 Å². The van der Waals surface area contributed by atoms with Gasteiger partial charge in [0.1, 0.15) is 17.1 Å². The normalized spacial score (nSPS) is 20.4. The van der Waals surface area contributed by atoms with Gasteiger partial charge in [-0.1, -0.05) is 19.0 Å². The number of nitrogens with zero attached hydrogens (tertiary/aromatic N) is 2. The van der Waals surface area contributed by atoms with Gasteiger partial charge in [-0.15, -0.1) is 0 Å². The van der Waals surface area contributed by atoms with Crippen LogP contribution in [0.1, 0.15) is 82.6 Å². The molecule has 0 spiro atoms. The van der Waals surface area contributed by atoms with Crippen molar-refractivity contribution in [2.75, 3.05) is 0 Å². The van der Waals surface area contributed by atoms with Gasteiger partial charge in [0, 0.05) is 31.3 Å². The predicted octanol–water partition coefficient (Wildman–Crippen LogP) is 4.18. The van der Waals surface area contributed by atoms with Gasteiger partial charge in [-0.2, -0.15) is 0 Å². The monoisotopic (exact) mass is 348 g/mol. The van der Waals surface area contributed by atoms with Crippen LogP contribution in [0.3, 0.4) is 0 Å². The molecular formula is C20H32N2O3. The fraction of sp³-hybridized carbons (Fsp3) is 0.750. The van der Waals surface area contributed by atoms with Crippen LogP contribution in [-0.4, -0.2) is 33.8 Å². The van der Waals surface area contributed by atoms with Gasteiger partial charge in [-0.3, -0.25) is 9.59 Å². The molecule has 0 bridgehead atoms. The van der Waals surface area contributed by atoms with E-state index in [1.165, 1.54) is 0 Å². The lowest BCUT2D eigenvalue weighted by Gasteiger charge is -2.34. The summed E-state index contributed by atoms with van der Waals surface area (Å²) in [6.45, 7) is 14.1. The molecule has 0 saturated heterocycles. The molecule has 0 aliphatic heterocycles. The first-order valence-electron chi connectivity index (χ1n) is 9.31. The van der Waals surface area contributed by atoms with Crippen LogP contribution in [0.15, 0.2) is 4.52 Å². The van der Waals surface area contributed by atoms with E-state index in [1.54, 1.807) is 0 Å². The van der Waals surface area contributed by atoms with E-state index in [9.17, 15) is 9.59 Å². The van der Waals surface area contributed by atoms with Crippen molar-refractivity contribution in [3.8, 4) is 0 Å². The fourth-order valence-corrected chi connectivity index (χ4v) is 4.28. The van der Waals surface area contributed by atoms with Crippen LogP contribution >= 0.6 is 0 Å². The number of hydrogen-bond donors (Lipinski definition) is 0. The zero-order valence-corrected chi connectivity index (χ0v) is 16.7. The Labute approximate surface area is 151 Å². The predicted molar refractivity (Wildman–Crippen MR) is 97.5 cm³/mol. The molecule has 1 fully saturated rings. The lowest BCUT2D eigenvalue weighted by Crippen LogP contribution is -2.42. The van der Waals surface area contributed by atoms with Gasteiger partial charge in [-0.05, 0) is 52.4 Å². The van der Waals surface area contributed by atoms with Crippen molar-refractivity contribution in [2.24, 2.45) is 11.3 Å². The summed E-state index contributed by atoms with van der Waals surface area (Å²) in [6, 6.07) is 0.203. The van der Waals surface area contributed by atoms with Crippen LogP contribution < -0.4 is 0 Å². The van der Waals surface area contributed by atoms with Gasteiger partial charge < -0.3 is 9.42 Å². The average Bonchev–Trinajstić information content (AvgIpc) is 2.76. The third-order valence-electron chi connectivity index (χ3n) is 5.00. The van der Waals surface area contributed by atoms with Gasteiger partial charge in [0.15, 0.2) is 0 Å². The van der Waals surface area contributed by atoms with Crippen LogP contribution in [-0.2, 0) is 11.2 Å². The van der Waals surface area contributed by atoms with Gasteiger partial charge in [0.2, 0.25) is 0 Å². The standard InChI is InChI=1S/C20H32N2O3/c1-12(2)22(13(3)4)19(24)18-14(5)21-25-17(18)9-15-8-16(23)11-20(6,7)10-15/h12-13,15H,8-11H2,1-7H3. The Bertz CT molecular complexity index is 635. The molecule has 0 radical (unpaired) electrons. The first-order chi connectivity index (χ1) is 11.5. The van der Waals surface area contributed by atoms with Crippen LogP contribution in [0.4, 0.5) is 0 Å². The lowest BCUT2D eigenvalue weighted by molar-refractivity contribution is -0.124. The van der Waals surface area contributed by atoms with Crippen LogP contribution in [0.25, 0.3) is 0 Å². The lowest BCUT2D eigenvalue weighted by atomic mass is 9.70. The molecule has 1 unspecified atom stereocenters. The average molecular weight is 348 g/mol. The van der Waals surface area contributed by atoms with Crippen LogP contribution in [0, 0.1) is 18.3 Å². The fourth-order valence-electron chi connectivity index (χ4n) is 4.28. The largest absolute Gasteiger partial charge is 0.360 e. The summed E-state index contributed by atoms with van der Waals surface area (Å²) in [6.07, 6.45) is 2.76. The molecule has 1 heterocycles. The van der Waals surface area contributed by atoms with Gasteiger partial charge in [0.25, 0.3) is 5.91 Å². The molecule has 140 valence electrons. The molecule has 2 rings (SSSR count). The van der Waals surface area contributed by atoms with Gasteiger partial charge in [-0.25, -0.2) is 0 Å². The number of amides is 1. The minimum absolute atomic E-state index is 0.0150. The van der Waals surface area contributed by atoms with E-state index in [0.717, 1.165) is 6.42 Å². The van der Waals surface area contributed by atoms with Crippen molar-refractivity contribution in [1.82, 2.24) is 10.1 Å². The highest BCUT2D eigenvalue weighted by Crippen LogP contribution is 2.38. The molecule has 1 aliphatic carbocycles. The highest BCUT2D eigenvalue weighted by molar-refractivity contribution is 5.96. The quantitative estimate of drug-likeness (QED) is 0.801. The molecular weight excluding hydrogens is 316 g/mol. The number of hydrogen-bond acceptors (Lipinski definition) is 4. The van der Waals surface area contributed by atoms with E-state index in [0.29, 0.717) is 42.1 Å². The first-order valence-corrected chi connectivity index (χ1v) is 9.31. The third-order valence-corrected chi connectivity index (χ3v) is 5.00. The Hall–Kier alpha value is -1.65. The van der Waals surface area contributed by atoms with E-state index >= 15 is 0 Å². The highest BCUT2D eigenvalue weighted by Gasteiger charge is 2.35. The Kier molecular flexibility index (Phi) is 5.75. The van der Waals surface area contributed by atoms with Crippen molar-refractivity contribution in [3.05, 3.63) is 17.0 Å². The molecule has 1 aromatic heterocycles. The molecule has 5 heteroatoms. The molecule has 25 heavy (non-hydrogen) atoms. The number of ketones is 1. The second-order valence-electron chi connectivity index (χ2n) is 8.82. The third kappa shape index (κ3) is 4.50. The van der Waals surface area contributed by atoms with Crippen molar-refractivity contribution >= 4 is 11.7 Å². The Morgan fingerprint density at radius 2 is 1.88 bits per heavy atom. The van der Waals surface area contributed by atoms with E-state index in [4.69, 9.17) is 4.52 Å². The highest BCUT2D eigenvalue weighted by atomic mass is 16.5. The molecule has 1 aliphatic rings. The number of Topliss-reactive ketones (excluding diaryl/α,β-unsaturated/α-hetero) is 1. The second-order valence-corrected chi connectivity index (χ2v) is 8.82. The Balaban J connectivity index is 2.27. The topological polar surface area (TPSA) is 63.4 Å². The summed E-state index contributed by atoms with van der Waals surface area (Å²) in [4.78, 5) is 27.1. The number of carbonyl (C=O) groups excluding carboxylic acids is 2. The summed E-state index contributed by atoms with van der Waals surface area (Å²) < 4.78 is 5.52. The summed E-state index contributed by atoms with van der Waals surface area (Å²) in [5.74, 6) is 1.11. The summed E-state index contributed by atoms with van der Waals surface area (Å²) in [7, 11) is 0. The maximum absolute atomic E-state index is 13.1. The first kappa shape index (κ1) is 19.7. The molecule has 5 nitrogen and oxygen atoms in total. The van der Waals surface area contributed by atoms with Gasteiger partial charge >= 0.3 is 0 Å². The maximum atomic E-state index is 13.1. The van der Waals surface area contributed by atoms with Crippen LogP contribution in [0.5, 0.6) is 0 Å². The molecule has 1 amide bonds. The van der Waals surface area contributed by atoms with E-state index in [1.807, 2.05) is 39.5 Å². The van der Waals surface area contributed by atoms with Crippen molar-refractivity contribution in [2.45, 2.75) is 86.2 Å².